The van der Waals surface area contributed by atoms with Crippen LogP contribution >= 0.6 is 31.9 Å². The highest BCUT2D eigenvalue weighted by molar-refractivity contribution is 9.10. The summed E-state index contributed by atoms with van der Waals surface area (Å²) in [6, 6.07) is 15.6. The predicted molar refractivity (Wildman–Crippen MR) is 158 cm³/mol. The molecule has 4 aromatic rings. The molecule has 3 aromatic carbocycles. The maximum absolute atomic E-state index is 13.4. The molecule has 0 saturated heterocycles. The van der Waals surface area contributed by atoms with Gasteiger partial charge in [0.1, 0.15) is 12.4 Å². The molecule has 0 amide bonds. The third-order valence-corrected chi connectivity index (χ3v) is 7.05. The highest BCUT2D eigenvalue weighted by Crippen LogP contribution is 2.34. The van der Waals surface area contributed by atoms with Crippen LogP contribution in [0.5, 0.6) is 11.5 Å². The van der Waals surface area contributed by atoms with Gasteiger partial charge in [-0.2, -0.15) is 9.78 Å². The molecule has 0 fully saturated rings. The van der Waals surface area contributed by atoms with E-state index < -0.39 is 5.97 Å². The summed E-state index contributed by atoms with van der Waals surface area (Å²) in [5, 5.41) is 14.3. The highest BCUT2D eigenvalue weighted by Gasteiger charge is 2.14. The van der Waals surface area contributed by atoms with Crippen molar-refractivity contribution in [3.8, 4) is 11.5 Å². The average molecular weight is 657 g/mol. The van der Waals surface area contributed by atoms with Gasteiger partial charge in [0.05, 0.1) is 29.3 Å². The molecule has 4 rings (SSSR count). The van der Waals surface area contributed by atoms with Crippen LogP contribution in [-0.4, -0.2) is 33.6 Å². The number of benzene rings is 3. The average Bonchev–Trinajstić information content (AvgIpc) is 2.92. The second-order valence-corrected chi connectivity index (χ2v) is 10.5. The van der Waals surface area contributed by atoms with Gasteiger partial charge in [-0.25, -0.2) is 9.78 Å². The van der Waals surface area contributed by atoms with E-state index in [0.29, 0.717) is 56.9 Å². The van der Waals surface area contributed by atoms with Gasteiger partial charge in [0.15, 0.2) is 11.5 Å². The second kappa shape index (κ2) is 13.0. The quantitative estimate of drug-likeness (QED) is 0.178. The zero-order chi connectivity index (χ0) is 27.9. The summed E-state index contributed by atoms with van der Waals surface area (Å²) in [7, 11) is 0. The molecule has 8 nitrogen and oxygen atoms in total. The molecule has 1 aromatic heterocycles. The highest BCUT2D eigenvalue weighted by atomic mass is 79.9. The molecule has 0 aliphatic carbocycles. The van der Waals surface area contributed by atoms with Crippen molar-refractivity contribution in [3.63, 3.8) is 0 Å². The number of carboxylic acid groups (broad SMARTS) is 1. The molecule has 0 unspecified atom stereocenters. The van der Waals surface area contributed by atoms with Crippen LogP contribution in [0, 0.1) is 0 Å². The van der Waals surface area contributed by atoms with Crippen molar-refractivity contribution < 1.29 is 19.4 Å². The van der Waals surface area contributed by atoms with Crippen LogP contribution in [0.1, 0.15) is 54.0 Å². The molecule has 202 valence electrons. The normalized spacial score (nSPS) is 11.3. The van der Waals surface area contributed by atoms with Crippen LogP contribution in [0.2, 0.25) is 0 Å². The van der Waals surface area contributed by atoms with Gasteiger partial charge < -0.3 is 14.6 Å². The SMILES string of the molecule is CCCCc1nc2ccc(Br)cc2c(=O)n1N=Cc1cc(OCC)c(OCc2cccc(C(=O)O)c2)cc1Br. The number of ether oxygens (including phenoxy) is 2. The number of aromatic nitrogens is 2. The molecule has 0 spiro atoms. The molecule has 0 saturated carbocycles. The number of carbonyl (C=O) groups is 1. The topological polar surface area (TPSA) is 103 Å². The monoisotopic (exact) mass is 655 g/mol. The number of hydrogen-bond donors (Lipinski definition) is 1. The Morgan fingerprint density at radius 1 is 1.08 bits per heavy atom. The Labute approximate surface area is 242 Å². The first kappa shape index (κ1) is 28.5. The number of halogens is 2. The summed E-state index contributed by atoms with van der Waals surface area (Å²) in [5.41, 5.74) is 1.98. The molecule has 0 aliphatic rings. The summed E-state index contributed by atoms with van der Waals surface area (Å²) in [6.07, 6.45) is 4.05. The van der Waals surface area contributed by atoms with Crippen LogP contribution in [0.15, 0.2) is 73.4 Å². The zero-order valence-electron chi connectivity index (χ0n) is 21.5. The number of aryl methyl sites for hydroxylation is 1. The fourth-order valence-corrected chi connectivity index (χ4v) is 4.70. The molecule has 1 N–H and O–H groups in total. The third kappa shape index (κ3) is 6.93. The number of fused-ring (bicyclic) bond motifs is 1. The molecule has 0 aliphatic heterocycles. The van der Waals surface area contributed by atoms with E-state index in [0.717, 1.165) is 17.3 Å². The smallest absolute Gasteiger partial charge is 0.335 e. The number of rotatable bonds is 11. The first-order chi connectivity index (χ1) is 18.8. The first-order valence-corrected chi connectivity index (χ1v) is 14.1. The van der Waals surface area contributed by atoms with Gasteiger partial charge in [-0.3, -0.25) is 4.79 Å². The van der Waals surface area contributed by atoms with Gasteiger partial charge in [0.2, 0.25) is 0 Å². The lowest BCUT2D eigenvalue weighted by Gasteiger charge is -2.14. The Morgan fingerprint density at radius 2 is 1.87 bits per heavy atom. The molecule has 0 radical (unpaired) electrons. The van der Waals surface area contributed by atoms with Gasteiger partial charge in [0, 0.05) is 20.9 Å². The van der Waals surface area contributed by atoms with Crippen molar-refractivity contribution in [2.45, 2.75) is 39.7 Å². The lowest BCUT2D eigenvalue weighted by molar-refractivity contribution is 0.0696. The molecule has 0 bridgehead atoms. The molecule has 0 atom stereocenters. The summed E-state index contributed by atoms with van der Waals surface area (Å²) in [5.74, 6) is 0.581. The van der Waals surface area contributed by atoms with Crippen LogP contribution in [0.3, 0.4) is 0 Å². The van der Waals surface area contributed by atoms with E-state index in [2.05, 4.69) is 43.9 Å². The summed E-state index contributed by atoms with van der Waals surface area (Å²) in [4.78, 5) is 29.4. The summed E-state index contributed by atoms with van der Waals surface area (Å²) >= 11 is 7.01. The van der Waals surface area contributed by atoms with Gasteiger partial charge >= 0.3 is 5.97 Å². The number of unbranched alkanes of at least 4 members (excludes halogenated alkanes) is 1. The zero-order valence-corrected chi connectivity index (χ0v) is 24.7. The maximum atomic E-state index is 13.4. The van der Waals surface area contributed by atoms with E-state index in [1.807, 2.05) is 19.1 Å². The van der Waals surface area contributed by atoms with Crippen molar-refractivity contribution in [2.75, 3.05) is 6.61 Å². The van der Waals surface area contributed by atoms with Crippen molar-refractivity contribution in [3.05, 3.63) is 96.4 Å². The summed E-state index contributed by atoms with van der Waals surface area (Å²) < 4.78 is 14.6. The lowest BCUT2D eigenvalue weighted by Crippen LogP contribution is -2.22. The van der Waals surface area contributed by atoms with Crippen molar-refractivity contribution in [2.24, 2.45) is 5.10 Å². The van der Waals surface area contributed by atoms with E-state index in [9.17, 15) is 14.7 Å². The van der Waals surface area contributed by atoms with E-state index >= 15 is 0 Å². The van der Waals surface area contributed by atoms with Crippen LogP contribution in [-0.2, 0) is 13.0 Å². The minimum Gasteiger partial charge on any atom is -0.490 e. The van der Waals surface area contributed by atoms with Crippen LogP contribution in [0.25, 0.3) is 10.9 Å². The Hall–Kier alpha value is -3.50. The lowest BCUT2D eigenvalue weighted by atomic mass is 10.1. The molecule has 10 heteroatoms. The number of aromatic carboxylic acids is 1. The number of hydrogen-bond acceptors (Lipinski definition) is 6. The van der Waals surface area contributed by atoms with Gasteiger partial charge in [0.25, 0.3) is 5.56 Å². The summed E-state index contributed by atoms with van der Waals surface area (Å²) in [6.45, 7) is 4.53. The predicted octanol–water partition coefficient (Wildman–Crippen LogP) is 6.82. The standard InChI is InChI=1S/C29H27Br2N3O5/c1-3-5-9-27-33-24-11-10-21(30)14-22(24)28(35)34(27)32-16-20-13-25(38-4-2)26(15-23(20)31)39-17-18-7-6-8-19(12-18)29(36)37/h6-8,10-16H,3-5,9,17H2,1-2H3,(H,36,37). The Bertz CT molecular complexity index is 1600. The minimum absolute atomic E-state index is 0.162. The van der Waals surface area contributed by atoms with E-state index in [-0.39, 0.29) is 17.7 Å². The third-order valence-electron chi connectivity index (χ3n) is 5.87. The fraction of sp³-hybridized carbons (Fsp3) is 0.241. The van der Waals surface area contributed by atoms with Gasteiger partial charge in [-0.1, -0.05) is 41.4 Å². The molecular weight excluding hydrogens is 630 g/mol. The minimum atomic E-state index is -0.996. The number of carboxylic acids is 1. The van der Waals surface area contributed by atoms with E-state index in [1.54, 1.807) is 42.6 Å². The van der Waals surface area contributed by atoms with E-state index in [4.69, 9.17) is 14.5 Å². The van der Waals surface area contributed by atoms with Crippen LogP contribution in [0.4, 0.5) is 0 Å². The molecular formula is C29H27Br2N3O5. The first-order valence-electron chi connectivity index (χ1n) is 12.5. The van der Waals surface area contributed by atoms with E-state index in [1.165, 1.54) is 10.7 Å². The Kier molecular flexibility index (Phi) is 9.53. The Morgan fingerprint density at radius 3 is 2.62 bits per heavy atom. The van der Waals surface area contributed by atoms with Gasteiger partial charge in [-0.05, 0) is 77.3 Å². The van der Waals surface area contributed by atoms with Crippen molar-refractivity contribution >= 4 is 54.9 Å². The fourth-order valence-electron chi connectivity index (χ4n) is 3.92. The van der Waals surface area contributed by atoms with Gasteiger partial charge in [-0.15, -0.1) is 0 Å². The van der Waals surface area contributed by atoms with Crippen LogP contribution < -0.4 is 15.0 Å². The Balaban J connectivity index is 1.67. The largest absolute Gasteiger partial charge is 0.490 e. The second-order valence-electron chi connectivity index (χ2n) is 8.70. The molecule has 1 heterocycles. The van der Waals surface area contributed by atoms with Crippen molar-refractivity contribution in [1.82, 2.24) is 9.66 Å². The number of nitrogens with zero attached hydrogens (tertiary/aromatic N) is 3. The van der Waals surface area contributed by atoms with Crippen molar-refractivity contribution in [1.29, 1.82) is 0 Å². The molecule has 39 heavy (non-hydrogen) atoms. The maximum Gasteiger partial charge on any atom is 0.335 e.